The first kappa shape index (κ1) is 11.7. The minimum atomic E-state index is -0.250. The Hall–Kier alpha value is -0.800. The zero-order valence-electron chi connectivity index (χ0n) is 9.22. The van der Waals surface area contributed by atoms with E-state index < -0.39 is 0 Å². The lowest BCUT2D eigenvalue weighted by molar-refractivity contribution is 0.412. The van der Waals surface area contributed by atoms with Crippen LogP contribution in [0.4, 0.5) is 4.39 Å². The Morgan fingerprint density at radius 1 is 1.56 bits per heavy atom. The van der Waals surface area contributed by atoms with E-state index in [1.807, 2.05) is 0 Å². The van der Waals surface area contributed by atoms with Gasteiger partial charge in [-0.25, -0.2) is 4.39 Å². The maximum absolute atomic E-state index is 13.7. The molecule has 0 amide bonds. The molecule has 1 atom stereocenters. The standard InChI is InChI=1S/C12H15ClFNO/c1-16-12-6-8(11(14)7-10(12)13)5-9-3-2-4-15-9/h6-7,9,15H,2-5H2,1H3. The lowest BCUT2D eigenvalue weighted by Crippen LogP contribution is -2.24. The van der Waals surface area contributed by atoms with Gasteiger partial charge in [0.15, 0.2) is 0 Å². The van der Waals surface area contributed by atoms with Gasteiger partial charge in [0.2, 0.25) is 0 Å². The third-order valence-corrected chi connectivity index (χ3v) is 3.24. The Labute approximate surface area is 99.7 Å². The quantitative estimate of drug-likeness (QED) is 0.882. The molecule has 1 aliphatic heterocycles. The van der Waals surface area contributed by atoms with Crippen molar-refractivity contribution < 1.29 is 9.13 Å². The summed E-state index contributed by atoms with van der Waals surface area (Å²) in [5.74, 6) is 0.288. The average Bonchev–Trinajstić information content (AvgIpc) is 2.75. The predicted molar refractivity (Wildman–Crippen MR) is 62.7 cm³/mol. The summed E-state index contributed by atoms with van der Waals surface area (Å²) >= 11 is 5.84. The van der Waals surface area contributed by atoms with Crippen molar-refractivity contribution in [1.29, 1.82) is 0 Å². The van der Waals surface area contributed by atoms with Crippen LogP contribution in [-0.4, -0.2) is 19.7 Å². The summed E-state index contributed by atoms with van der Waals surface area (Å²) in [4.78, 5) is 0. The molecule has 1 saturated heterocycles. The van der Waals surface area contributed by atoms with Gasteiger partial charge in [-0.2, -0.15) is 0 Å². The molecule has 0 aromatic heterocycles. The highest BCUT2D eigenvalue weighted by Gasteiger charge is 2.17. The molecule has 0 radical (unpaired) electrons. The van der Waals surface area contributed by atoms with Gasteiger partial charge in [0.1, 0.15) is 11.6 Å². The van der Waals surface area contributed by atoms with Gasteiger partial charge < -0.3 is 10.1 Å². The maximum atomic E-state index is 13.7. The molecule has 0 spiro atoms. The first-order valence-electron chi connectivity index (χ1n) is 5.46. The molecule has 16 heavy (non-hydrogen) atoms. The van der Waals surface area contributed by atoms with Crippen LogP contribution < -0.4 is 10.1 Å². The van der Waals surface area contributed by atoms with Crippen LogP contribution in [0.1, 0.15) is 18.4 Å². The Morgan fingerprint density at radius 3 is 3.00 bits per heavy atom. The highest BCUT2D eigenvalue weighted by atomic mass is 35.5. The first-order chi connectivity index (χ1) is 7.70. The molecule has 2 nitrogen and oxygen atoms in total. The smallest absolute Gasteiger partial charge is 0.137 e. The molecule has 1 unspecified atom stereocenters. The number of rotatable bonds is 3. The van der Waals surface area contributed by atoms with Crippen molar-refractivity contribution in [3.05, 3.63) is 28.5 Å². The van der Waals surface area contributed by atoms with Gasteiger partial charge in [-0.05, 0) is 43.5 Å². The largest absolute Gasteiger partial charge is 0.495 e. The highest BCUT2D eigenvalue weighted by Crippen LogP contribution is 2.28. The molecule has 0 saturated carbocycles. The molecule has 4 heteroatoms. The van der Waals surface area contributed by atoms with Gasteiger partial charge in [-0.1, -0.05) is 11.6 Å². The molecule has 1 heterocycles. The molecular formula is C12H15ClFNO. The molecule has 1 fully saturated rings. The van der Waals surface area contributed by atoms with E-state index in [2.05, 4.69) is 5.32 Å². The van der Waals surface area contributed by atoms with Crippen molar-refractivity contribution in [1.82, 2.24) is 5.32 Å². The number of nitrogens with one attached hydrogen (secondary N) is 1. The van der Waals surface area contributed by atoms with E-state index in [4.69, 9.17) is 16.3 Å². The molecule has 1 N–H and O–H groups in total. The van der Waals surface area contributed by atoms with Crippen LogP contribution in [0.5, 0.6) is 5.75 Å². The third-order valence-electron chi connectivity index (χ3n) is 2.95. The second-order valence-electron chi connectivity index (χ2n) is 4.08. The number of halogens is 2. The number of methoxy groups -OCH3 is 1. The fourth-order valence-electron chi connectivity index (χ4n) is 2.08. The van der Waals surface area contributed by atoms with Crippen LogP contribution >= 0.6 is 11.6 Å². The van der Waals surface area contributed by atoms with Gasteiger partial charge in [0.05, 0.1) is 12.1 Å². The molecule has 1 aromatic rings. The Balaban J connectivity index is 2.18. The van der Waals surface area contributed by atoms with E-state index in [0.29, 0.717) is 28.8 Å². The molecule has 0 bridgehead atoms. The van der Waals surface area contributed by atoms with Crippen LogP contribution in [0.15, 0.2) is 12.1 Å². The molecular weight excluding hydrogens is 229 g/mol. The topological polar surface area (TPSA) is 21.3 Å². The van der Waals surface area contributed by atoms with Crippen molar-refractivity contribution in [3.8, 4) is 5.75 Å². The molecule has 1 aliphatic rings. The highest BCUT2D eigenvalue weighted by molar-refractivity contribution is 6.32. The minimum absolute atomic E-state index is 0.250. The van der Waals surface area contributed by atoms with Crippen molar-refractivity contribution in [2.75, 3.05) is 13.7 Å². The predicted octanol–water partition coefficient (Wildman–Crippen LogP) is 2.78. The van der Waals surface area contributed by atoms with E-state index in [1.165, 1.54) is 13.2 Å². The summed E-state index contributed by atoms with van der Waals surface area (Å²) in [5, 5.41) is 3.67. The number of benzene rings is 1. The van der Waals surface area contributed by atoms with Crippen LogP contribution in [0.2, 0.25) is 5.02 Å². The summed E-state index contributed by atoms with van der Waals surface area (Å²) in [6, 6.07) is 3.39. The van der Waals surface area contributed by atoms with Crippen LogP contribution in [0.25, 0.3) is 0 Å². The summed E-state index contributed by atoms with van der Waals surface area (Å²) in [6.07, 6.45) is 2.96. The minimum Gasteiger partial charge on any atom is -0.495 e. The van der Waals surface area contributed by atoms with Gasteiger partial charge in [-0.15, -0.1) is 0 Å². The Bertz CT molecular complexity index is 378. The van der Waals surface area contributed by atoms with Crippen molar-refractivity contribution in [2.24, 2.45) is 0 Å². The second kappa shape index (κ2) is 5.02. The number of ether oxygens (including phenoxy) is 1. The van der Waals surface area contributed by atoms with Gasteiger partial charge in [-0.3, -0.25) is 0 Å². The van der Waals surface area contributed by atoms with E-state index in [0.717, 1.165) is 19.4 Å². The van der Waals surface area contributed by atoms with Gasteiger partial charge in [0, 0.05) is 6.04 Å². The SMILES string of the molecule is COc1cc(CC2CCCN2)c(F)cc1Cl. The number of hydrogen-bond donors (Lipinski definition) is 1. The monoisotopic (exact) mass is 243 g/mol. The Kier molecular flexibility index (Phi) is 3.66. The summed E-state index contributed by atoms with van der Waals surface area (Å²) in [7, 11) is 1.54. The van der Waals surface area contributed by atoms with E-state index in [-0.39, 0.29) is 5.82 Å². The maximum Gasteiger partial charge on any atom is 0.137 e. The number of hydrogen-bond acceptors (Lipinski definition) is 2. The molecule has 0 aliphatic carbocycles. The van der Waals surface area contributed by atoms with E-state index >= 15 is 0 Å². The molecule has 1 aromatic carbocycles. The van der Waals surface area contributed by atoms with E-state index in [1.54, 1.807) is 6.07 Å². The fourth-order valence-corrected chi connectivity index (χ4v) is 2.31. The zero-order valence-corrected chi connectivity index (χ0v) is 9.98. The average molecular weight is 244 g/mol. The van der Waals surface area contributed by atoms with Crippen LogP contribution in [-0.2, 0) is 6.42 Å². The summed E-state index contributed by atoms with van der Waals surface area (Å²) < 4.78 is 18.7. The van der Waals surface area contributed by atoms with Crippen molar-refractivity contribution >= 4 is 11.6 Å². The fraction of sp³-hybridized carbons (Fsp3) is 0.500. The van der Waals surface area contributed by atoms with Gasteiger partial charge in [0.25, 0.3) is 0 Å². The summed E-state index contributed by atoms with van der Waals surface area (Å²) in [5.41, 5.74) is 0.667. The van der Waals surface area contributed by atoms with Crippen LogP contribution in [0, 0.1) is 5.82 Å². The lowest BCUT2D eigenvalue weighted by Gasteiger charge is -2.12. The van der Waals surface area contributed by atoms with Crippen molar-refractivity contribution in [3.63, 3.8) is 0 Å². The van der Waals surface area contributed by atoms with E-state index in [9.17, 15) is 4.39 Å². The van der Waals surface area contributed by atoms with Crippen molar-refractivity contribution in [2.45, 2.75) is 25.3 Å². The third kappa shape index (κ3) is 2.47. The summed E-state index contributed by atoms with van der Waals surface area (Å²) in [6.45, 7) is 1.02. The lowest BCUT2D eigenvalue weighted by atomic mass is 10.0. The zero-order chi connectivity index (χ0) is 11.5. The molecule has 2 rings (SSSR count). The molecule has 88 valence electrons. The Morgan fingerprint density at radius 2 is 2.38 bits per heavy atom. The van der Waals surface area contributed by atoms with Crippen LogP contribution in [0.3, 0.4) is 0 Å². The second-order valence-corrected chi connectivity index (χ2v) is 4.48. The van der Waals surface area contributed by atoms with Gasteiger partial charge >= 0.3 is 0 Å². The normalized spacial score (nSPS) is 20.1. The first-order valence-corrected chi connectivity index (χ1v) is 5.84.